The van der Waals surface area contributed by atoms with Crippen LogP contribution < -0.4 is 10.1 Å². The molecule has 0 aliphatic heterocycles. The van der Waals surface area contributed by atoms with Gasteiger partial charge in [0.25, 0.3) is 0 Å². The zero-order valence-electron chi connectivity index (χ0n) is 10.9. The molecule has 4 heteroatoms. The van der Waals surface area contributed by atoms with E-state index in [2.05, 4.69) is 10.3 Å². The first kappa shape index (κ1) is 13.4. The maximum Gasteiger partial charge on any atom is 0.126 e. The van der Waals surface area contributed by atoms with Gasteiger partial charge in [-0.2, -0.15) is 0 Å². The van der Waals surface area contributed by atoms with E-state index < -0.39 is 6.10 Å². The minimum Gasteiger partial charge on any atom is -0.491 e. The number of aliphatic hydroxyl groups is 1. The summed E-state index contributed by atoms with van der Waals surface area (Å²) in [5, 5.41) is 12.9. The molecule has 1 aromatic heterocycles. The molecule has 2 aromatic rings. The van der Waals surface area contributed by atoms with Crippen LogP contribution in [0.15, 0.2) is 48.7 Å². The van der Waals surface area contributed by atoms with E-state index in [0.717, 1.165) is 17.1 Å². The van der Waals surface area contributed by atoms with Gasteiger partial charge in [0.2, 0.25) is 0 Å². The Morgan fingerprint density at radius 1 is 1.26 bits per heavy atom. The first-order valence-corrected chi connectivity index (χ1v) is 6.26. The lowest BCUT2D eigenvalue weighted by molar-refractivity contribution is 0.117. The van der Waals surface area contributed by atoms with Gasteiger partial charge in [0.15, 0.2) is 0 Å². The van der Waals surface area contributed by atoms with E-state index in [1.54, 1.807) is 6.20 Å². The van der Waals surface area contributed by atoms with Gasteiger partial charge < -0.3 is 15.2 Å². The molecule has 0 bridgehead atoms. The fourth-order valence-corrected chi connectivity index (χ4v) is 1.62. The minimum absolute atomic E-state index is 0.253. The first-order chi connectivity index (χ1) is 9.24. The predicted octanol–water partition coefficient (Wildman–Crippen LogP) is 2.24. The molecule has 2 rings (SSSR count). The summed E-state index contributed by atoms with van der Waals surface area (Å²) in [7, 11) is 0. The van der Waals surface area contributed by atoms with Crippen LogP contribution in [0.25, 0.3) is 0 Å². The molecule has 0 aliphatic rings. The van der Waals surface area contributed by atoms with Crippen molar-refractivity contribution in [1.82, 2.24) is 4.98 Å². The van der Waals surface area contributed by atoms with Crippen molar-refractivity contribution in [3.05, 3.63) is 54.2 Å². The molecule has 0 saturated heterocycles. The Balaban J connectivity index is 1.74. The Hall–Kier alpha value is -2.07. The highest BCUT2D eigenvalue weighted by Gasteiger charge is 2.05. The molecule has 1 heterocycles. The van der Waals surface area contributed by atoms with Crippen LogP contribution in [0.4, 0.5) is 5.82 Å². The largest absolute Gasteiger partial charge is 0.491 e. The maximum absolute atomic E-state index is 9.83. The number of aromatic nitrogens is 1. The van der Waals surface area contributed by atoms with Gasteiger partial charge in [0.1, 0.15) is 24.3 Å². The second-order valence-electron chi connectivity index (χ2n) is 4.38. The van der Waals surface area contributed by atoms with E-state index in [1.165, 1.54) is 0 Å². The van der Waals surface area contributed by atoms with Crippen molar-refractivity contribution in [2.75, 3.05) is 18.5 Å². The summed E-state index contributed by atoms with van der Waals surface area (Å²) in [6, 6.07) is 13.3. The number of benzene rings is 1. The number of nitrogens with zero attached hydrogens (tertiary/aromatic N) is 1. The smallest absolute Gasteiger partial charge is 0.126 e. The summed E-state index contributed by atoms with van der Waals surface area (Å²) >= 11 is 0. The third-order valence-corrected chi connectivity index (χ3v) is 2.62. The predicted molar refractivity (Wildman–Crippen MR) is 75.4 cm³/mol. The van der Waals surface area contributed by atoms with Crippen LogP contribution in [0.5, 0.6) is 5.75 Å². The number of aryl methyl sites for hydroxylation is 1. The van der Waals surface area contributed by atoms with Gasteiger partial charge in [0.05, 0.1) is 0 Å². The van der Waals surface area contributed by atoms with Crippen molar-refractivity contribution in [3.8, 4) is 5.75 Å². The van der Waals surface area contributed by atoms with Crippen molar-refractivity contribution in [1.29, 1.82) is 0 Å². The summed E-state index contributed by atoms with van der Waals surface area (Å²) in [6.45, 7) is 2.66. The van der Waals surface area contributed by atoms with Crippen molar-refractivity contribution >= 4 is 5.82 Å². The minimum atomic E-state index is -0.581. The lowest BCUT2D eigenvalue weighted by Gasteiger charge is -2.13. The number of pyridine rings is 1. The number of nitrogens with one attached hydrogen (secondary N) is 1. The van der Waals surface area contributed by atoms with Crippen LogP contribution in [0.3, 0.4) is 0 Å². The van der Waals surface area contributed by atoms with E-state index in [4.69, 9.17) is 4.74 Å². The fraction of sp³-hybridized carbons (Fsp3) is 0.267. The number of para-hydroxylation sites is 1. The molecule has 2 N–H and O–H groups in total. The Labute approximate surface area is 113 Å². The molecule has 0 amide bonds. The Bertz CT molecular complexity index is 503. The van der Waals surface area contributed by atoms with Crippen molar-refractivity contribution in [2.45, 2.75) is 13.0 Å². The molecule has 0 spiro atoms. The third-order valence-electron chi connectivity index (χ3n) is 2.62. The highest BCUT2D eigenvalue weighted by atomic mass is 16.5. The van der Waals surface area contributed by atoms with E-state index >= 15 is 0 Å². The van der Waals surface area contributed by atoms with Crippen molar-refractivity contribution < 1.29 is 9.84 Å². The molecule has 1 aromatic carbocycles. The van der Waals surface area contributed by atoms with Gasteiger partial charge in [-0.05, 0) is 36.8 Å². The number of hydrogen-bond acceptors (Lipinski definition) is 4. The second-order valence-corrected chi connectivity index (χ2v) is 4.38. The zero-order chi connectivity index (χ0) is 13.5. The van der Waals surface area contributed by atoms with Gasteiger partial charge in [0, 0.05) is 12.7 Å². The maximum atomic E-state index is 9.83. The molecule has 1 unspecified atom stereocenters. The van der Waals surface area contributed by atoms with Crippen LogP contribution in [0.1, 0.15) is 5.56 Å². The first-order valence-electron chi connectivity index (χ1n) is 6.26. The lowest BCUT2D eigenvalue weighted by Crippen LogP contribution is -2.26. The van der Waals surface area contributed by atoms with Crippen LogP contribution in [0.2, 0.25) is 0 Å². The number of hydrogen-bond donors (Lipinski definition) is 2. The Morgan fingerprint density at radius 2 is 2.05 bits per heavy atom. The normalized spacial score (nSPS) is 11.9. The number of anilines is 1. The van der Waals surface area contributed by atoms with Crippen LogP contribution >= 0.6 is 0 Å². The van der Waals surface area contributed by atoms with E-state index in [0.29, 0.717) is 6.54 Å². The fourth-order valence-electron chi connectivity index (χ4n) is 1.62. The SMILES string of the molecule is Cc1ccnc(NCC(O)COc2ccccc2)c1. The topological polar surface area (TPSA) is 54.4 Å². The molecule has 0 saturated carbocycles. The quantitative estimate of drug-likeness (QED) is 0.834. The van der Waals surface area contributed by atoms with E-state index in [1.807, 2.05) is 49.4 Å². The monoisotopic (exact) mass is 258 g/mol. The lowest BCUT2D eigenvalue weighted by atomic mass is 10.3. The molecule has 0 radical (unpaired) electrons. The van der Waals surface area contributed by atoms with Crippen LogP contribution in [0, 0.1) is 6.92 Å². The molecule has 100 valence electrons. The number of aliphatic hydroxyl groups excluding tert-OH is 1. The summed E-state index contributed by atoms with van der Waals surface area (Å²) in [6.07, 6.45) is 1.16. The van der Waals surface area contributed by atoms with Gasteiger partial charge in [-0.1, -0.05) is 18.2 Å². The van der Waals surface area contributed by atoms with Crippen LogP contribution in [-0.2, 0) is 0 Å². The summed E-state index contributed by atoms with van der Waals surface area (Å²) in [5.74, 6) is 1.52. The van der Waals surface area contributed by atoms with Gasteiger partial charge in [-0.15, -0.1) is 0 Å². The molecule has 19 heavy (non-hydrogen) atoms. The average Bonchev–Trinajstić information content (AvgIpc) is 2.44. The second kappa shape index (κ2) is 6.75. The Kier molecular flexibility index (Phi) is 4.75. The standard InChI is InChI=1S/C15H18N2O2/c1-12-7-8-16-15(9-12)17-10-13(18)11-19-14-5-3-2-4-6-14/h2-9,13,18H,10-11H2,1H3,(H,16,17). The highest BCUT2D eigenvalue weighted by molar-refractivity contribution is 5.36. The van der Waals surface area contributed by atoms with Gasteiger partial charge in [-0.3, -0.25) is 0 Å². The summed E-state index contributed by atoms with van der Waals surface area (Å²) in [5.41, 5.74) is 1.13. The molecular formula is C15H18N2O2. The van der Waals surface area contributed by atoms with E-state index in [-0.39, 0.29) is 6.61 Å². The molecule has 0 aliphatic carbocycles. The average molecular weight is 258 g/mol. The zero-order valence-corrected chi connectivity index (χ0v) is 10.9. The van der Waals surface area contributed by atoms with Crippen molar-refractivity contribution in [2.24, 2.45) is 0 Å². The molecule has 1 atom stereocenters. The highest BCUT2D eigenvalue weighted by Crippen LogP contribution is 2.09. The third kappa shape index (κ3) is 4.60. The van der Waals surface area contributed by atoms with Gasteiger partial charge in [-0.25, -0.2) is 4.98 Å². The van der Waals surface area contributed by atoms with E-state index in [9.17, 15) is 5.11 Å². The van der Waals surface area contributed by atoms with Crippen LogP contribution in [-0.4, -0.2) is 29.3 Å². The van der Waals surface area contributed by atoms with Crippen molar-refractivity contribution in [3.63, 3.8) is 0 Å². The Morgan fingerprint density at radius 3 is 2.79 bits per heavy atom. The molecular weight excluding hydrogens is 240 g/mol. The molecule has 0 fully saturated rings. The number of rotatable bonds is 6. The van der Waals surface area contributed by atoms with Gasteiger partial charge >= 0.3 is 0 Å². The summed E-state index contributed by atoms with van der Waals surface area (Å²) in [4.78, 5) is 4.17. The summed E-state index contributed by atoms with van der Waals surface area (Å²) < 4.78 is 5.47. The number of ether oxygens (including phenoxy) is 1. The molecule has 4 nitrogen and oxygen atoms in total.